The fraction of sp³-hybridized carbons (Fsp3) is 0.688. The molecular formula is C32H42N2O6S. The van der Waals surface area contributed by atoms with Gasteiger partial charge in [0.2, 0.25) is 10.0 Å². The number of esters is 1. The van der Waals surface area contributed by atoms with Crippen LogP contribution in [0.3, 0.4) is 0 Å². The zero-order chi connectivity index (χ0) is 28.9. The standard InChI is InChI=1S/C32H42N2O6S/c1-30(2)22-9-12-31(30,26(35)16-22)19-41(37,38)34-25-8-6-5-7-23(25)24-10-13-33-18-20-15-21(11-14-39-3)27(33)32(17-20,28(24)34)29(36)40-4/h5-8,20-22,27H,9-19H2,1-4H3/t20-,21+,22+,27+,31+,32+/m0/s1. The largest absolute Gasteiger partial charge is 0.468 e. The van der Waals surface area contributed by atoms with Gasteiger partial charge < -0.3 is 9.47 Å². The highest BCUT2D eigenvalue weighted by molar-refractivity contribution is 7.90. The van der Waals surface area contributed by atoms with Gasteiger partial charge in [0.05, 0.1) is 29.5 Å². The molecule has 0 radical (unpaired) electrons. The van der Waals surface area contributed by atoms with Crippen LogP contribution in [0.1, 0.15) is 63.6 Å². The molecule has 9 heteroatoms. The van der Waals surface area contributed by atoms with Gasteiger partial charge in [-0.25, -0.2) is 12.4 Å². The van der Waals surface area contributed by atoms with E-state index in [0.29, 0.717) is 43.5 Å². The Hall–Kier alpha value is -2.23. The highest BCUT2D eigenvalue weighted by atomic mass is 32.2. The molecule has 0 spiro atoms. The van der Waals surface area contributed by atoms with Crippen LogP contribution in [0, 0.1) is 28.6 Å². The van der Waals surface area contributed by atoms with E-state index in [9.17, 15) is 18.0 Å². The van der Waals surface area contributed by atoms with E-state index < -0.39 is 20.9 Å². The maximum Gasteiger partial charge on any atom is 0.319 e. The Morgan fingerprint density at radius 2 is 1.95 bits per heavy atom. The minimum absolute atomic E-state index is 0.0788. The van der Waals surface area contributed by atoms with Crippen LogP contribution in [-0.4, -0.2) is 74.8 Å². The molecule has 1 aromatic heterocycles. The number of methoxy groups -OCH3 is 2. The summed E-state index contributed by atoms with van der Waals surface area (Å²) in [6.45, 7) is 6.42. The van der Waals surface area contributed by atoms with Gasteiger partial charge in [0.25, 0.3) is 0 Å². The first-order chi connectivity index (χ1) is 19.5. The molecule has 8 rings (SSSR count). The van der Waals surface area contributed by atoms with Gasteiger partial charge in [-0.1, -0.05) is 32.0 Å². The maximum atomic E-state index is 15.0. The molecule has 222 valence electrons. The van der Waals surface area contributed by atoms with E-state index in [1.807, 2.05) is 24.3 Å². The summed E-state index contributed by atoms with van der Waals surface area (Å²) in [6, 6.07) is 7.50. The highest BCUT2D eigenvalue weighted by Gasteiger charge is 2.67. The van der Waals surface area contributed by atoms with Gasteiger partial charge in [-0.3, -0.25) is 14.5 Å². The average molecular weight is 583 g/mol. The van der Waals surface area contributed by atoms with E-state index in [1.165, 1.54) is 11.1 Å². The molecule has 3 aliphatic heterocycles. The van der Waals surface area contributed by atoms with Crippen LogP contribution < -0.4 is 0 Å². The van der Waals surface area contributed by atoms with Crippen LogP contribution >= 0.6 is 0 Å². The summed E-state index contributed by atoms with van der Waals surface area (Å²) in [5.74, 6) is 0.162. The van der Waals surface area contributed by atoms with Crippen molar-refractivity contribution in [3.63, 3.8) is 0 Å². The Bertz CT molecular complexity index is 1540. The molecule has 6 bridgehead atoms. The molecule has 3 saturated carbocycles. The lowest BCUT2D eigenvalue weighted by Gasteiger charge is -2.58. The maximum absolute atomic E-state index is 15.0. The van der Waals surface area contributed by atoms with Crippen LogP contribution in [0.2, 0.25) is 0 Å². The number of benzene rings is 1. The zero-order valence-electron chi connectivity index (χ0n) is 24.6. The number of fused-ring (bicyclic) bond motifs is 6. The number of carbonyl (C=O) groups is 2. The third kappa shape index (κ3) is 3.48. The predicted molar refractivity (Wildman–Crippen MR) is 155 cm³/mol. The lowest BCUT2D eigenvalue weighted by Crippen LogP contribution is -2.68. The lowest BCUT2D eigenvalue weighted by molar-refractivity contribution is -0.163. The van der Waals surface area contributed by atoms with Crippen molar-refractivity contribution in [3.8, 4) is 0 Å². The number of ketones is 1. The van der Waals surface area contributed by atoms with Gasteiger partial charge in [-0.15, -0.1) is 0 Å². The second-order valence-corrected chi connectivity index (χ2v) is 15.8. The van der Waals surface area contributed by atoms with E-state index in [1.54, 1.807) is 7.11 Å². The second-order valence-electron chi connectivity index (χ2n) is 14.0. The first kappa shape index (κ1) is 27.6. The smallest absolute Gasteiger partial charge is 0.319 e. The van der Waals surface area contributed by atoms with Crippen LogP contribution in [0.15, 0.2) is 24.3 Å². The van der Waals surface area contributed by atoms with E-state index >= 15 is 0 Å². The molecule has 1 aromatic carbocycles. The molecule has 1 unspecified atom stereocenters. The average Bonchev–Trinajstić information content (AvgIpc) is 3.45. The minimum atomic E-state index is -4.06. The van der Waals surface area contributed by atoms with Crippen molar-refractivity contribution in [2.45, 2.75) is 70.3 Å². The molecule has 4 heterocycles. The third-order valence-electron chi connectivity index (χ3n) is 12.2. The van der Waals surface area contributed by atoms with Gasteiger partial charge in [-0.05, 0) is 73.3 Å². The Kier molecular flexibility index (Phi) is 6.15. The second kappa shape index (κ2) is 9.13. The van der Waals surface area contributed by atoms with Crippen molar-refractivity contribution in [2.75, 3.05) is 39.7 Å². The Morgan fingerprint density at radius 3 is 2.63 bits per heavy atom. The zero-order valence-corrected chi connectivity index (χ0v) is 25.5. The Morgan fingerprint density at radius 1 is 1.17 bits per heavy atom. The molecule has 0 amide bonds. The van der Waals surface area contributed by atoms with Gasteiger partial charge in [0.1, 0.15) is 11.2 Å². The number of hydrogen-bond donors (Lipinski definition) is 0. The molecule has 7 atom stereocenters. The summed E-state index contributed by atoms with van der Waals surface area (Å²) in [7, 11) is -0.927. The number of piperidine rings is 2. The fourth-order valence-corrected chi connectivity index (χ4v) is 12.8. The van der Waals surface area contributed by atoms with Crippen molar-refractivity contribution in [1.29, 1.82) is 0 Å². The number of ether oxygens (including phenoxy) is 2. The lowest BCUT2D eigenvalue weighted by atomic mass is 9.56. The summed E-state index contributed by atoms with van der Waals surface area (Å²) in [5.41, 5.74) is -0.261. The molecular weight excluding hydrogens is 540 g/mol. The van der Waals surface area contributed by atoms with E-state index in [-0.39, 0.29) is 46.7 Å². The van der Waals surface area contributed by atoms with E-state index in [4.69, 9.17) is 9.47 Å². The Balaban J connectivity index is 1.49. The number of rotatable bonds is 7. The van der Waals surface area contributed by atoms with Crippen molar-refractivity contribution in [3.05, 3.63) is 35.5 Å². The number of hydrogen-bond acceptors (Lipinski definition) is 7. The monoisotopic (exact) mass is 582 g/mol. The molecule has 8 nitrogen and oxygen atoms in total. The number of carbonyl (C=O) groups excluding carboxylic acids is 2. The summed E-state index contributed by atoms with van der Waals surface area (Å²) >= 11 is 0. The van der Waals surface area contributed by atoms with Gasteiger partial charge >= 0.3 is 5.97 Å². The minimum Gasteiger partial charge on any atom is -0.468 e. The summed E-state index contributed by atoms with van der Waals surface area (Å²) in [5, 5.41) is 0.881. The SMILES string of the molecule is COCC[C@@H]1C[C@@H]2CN3CCc4c(n(S(=O)(=O)C[C@]56CC[C@H](CC5=O)C6(C)C)c5ccccc45)[C@@](C(=O)OC)(C2)[C@@H]13. The van der Waals surface area contributed by atoms with Gasteiger partial charge in [0.15, 0.2) is 0 Å². The molecule has 3 aliphatic carbocycles. The highest BCUT2D eigenvalue weighted by Crippen LogP contribution is 2.65. The van der Waals surface area contributed by atoms with E-state index in [0.717, 1.165) is 43.3 Å². The topological polar surface area (TPSA) is 94.9 Å². The number of nitrogens with zero attached hydrogens (tertiary/aromatic N) is 2. The van der Waals surface area contributed by atoms with Crippen LogP contribution in [0.25, 0.3) is 10.9 Å². The number of aromatic nitrogens is 1. The van der Waals surface area contributed by atoms with Gasteiger partial charge in [0, 0.05) is 44.7 Å². The summed E-state index contributed by atoms with van der Waals surface area (Å²) < 4.78 is 42.6. The Labute approximate surface area is 242 Å². The first-order valence-electron chi connectivity index (χ1n) is 15.2. The molecule has 41 heavy (non-hydrogen) atoms. The number of para-hydroxylation sites is 1. The molecule has 2 aromatic rings. The normalized spacial score (nSPS) is 36.9. The number of Topliss-reactive ketones (excluding diaryl/α,β-unsaturated/α-hetero) is 1. The summed E-state index contributed by atoms with van der Waals surface area (Å²) in [6.07, 6.45) is 4.98. The fourth-order valence-electron chi connectivity index (χ4n) is 10.3. The first-order valence-corrected chi connectivity index (χ1v) is 16.8. The van der Waals surface area contributed by atoms with Crippen molar-refractivity contribution in [1.82, 2.24) is 8.87 Å². The van der Waals surface area contributed by atoms with Crippen molar-refractivity contribution < 1.29 is 27.5 Å². The van der Waals surface area contributed by atoms with Crippen molar-refractivity contribution in [2.24, 2.45) is 28.6 Å². The third-order valence-corrected chi connectivity index (χ3v) is 14.0. The quantitative estimate of drug-likeness (QED) is 0.457. The van der Waals surface area contributed by atoms with Crippen molar-refractivity contribution >= 4 is 32.7 Å². The molecule has 6 aliphatic rings. The molecule has 2 saturated heterocycles. The molecule has 5 fully saturated rings. The van der Waals surface area contributed by atoms with Crippen LogP contribution in [-0.2, 0) is 40.9 Å². The van der Waals surface area contributed by atoms with Crippen LogP contribution in [0.4, 0.5) is 0 Å². The molecule has 0 N–H and O–H groups in total. The van der Waals surface area contributed by atoms with Crippen LogP contribution in [0.5, 0.6) is 0 Å². The van der Waals surface area contributed by atoms with Gasteiger partial charge in [-0.2, -0.15) is 0 Å². The summed E-state index contributed by atoms with van der Waals surface area (Å²) in [4.78, 5) is 30.2. The van der Waals surface area contributed by atoms with E-state index in [2.05, 4.69) is 18.7 Å². The predicted octanol–water partition coefficient (Wildman–Crippen LogP) is 3.93.